The predicted molar refractivity (Wildman–Crippen MR) is 123 cm³/mol. The fraction of sp³-hybridized carbons (Fsp3) is 0.360. The molecule has 28 heavy (non-hydrogen) atoms. The number of ether oxygens (including phenoxy) is 2. The SMILES string of the molecule is C=CCOc1c(C(C)(C)C)cc(OC)cc1[Si](C)(C)C1C=Cc2ccccc21. The second-order valence-corrected chi connectivity index (χ2v) is 13.7. The molecule has 1 aliphatic rings. The van der Waals surface area contributed by atoms with Crippen LogP contribution < -0.4 is 14.7 Å². The van der Waals surface area contributed by atoms with Crippen LogP contribution in [0.5, 0.6) is 11.5 Å². The van der Waals surface area contributed by atoms with Gasteiger partial charge in [-0.3, -0.25) is 0 Å². The molecule has 0 saturated carbocycles. The van der Waals surface area contributed by atoms with Crippen LogP contribution in [0.1, 0.15) is 43.0 Å². The number of allylic oxidation sites excluding steroid dienone is 1. The van der Waals surface area contributed by atoms with Gasteiger partial charge in [-0.1, -0.05) is 82.9 Å². The topological polar surface area (TPSA) is 18.5 Å². The highest BCUT2D eigenvalue weighted by Gasteiger charge is 2.40. The molecular formula is C25H32O2Si. The summed E-state index contributed by atoms with van der Waals surface area (Å²) < 4.78 is 12.0. The molecule has 0 amide bonds. The van der Waals surface area contributed by atoms with E-state index in [1.165, 1.54) is 21.9 Å². The molecule has 0 saturated heterocycles. The third-order valence-corrected chi connectivity index (χ3v) is 9.54. The van der Waals surface area contributed by atoms with Crippen LogP contribution in [0.25, 0.3) is 6.08 Å². The van der Waals surface area contributed by atoms with Gasteiger partial charge < -0.3 is 9.47 Å². The van der Waals surface area contributed by atoms with Crippen LogP contribution in [-0.2, 0) is 5.41 Å². The molecule has 2 nitrogen and oxygen atoms in total. The molecule has 0 radical (unpaired) electrons. The number of methoxy groups -OCH3 is 1. The largest absolute Gasteiger partial charge is 0.497 e. The summed E-state index contributed by atoms with van der Waals surface area (Å²) in [6, 6.07) is 13.1. The summed E-state index contributed by atoms with van der Waals surface area (Å²) >= 11 is 0. The van der Waals surface area contributed by atoms with Crippen LogP contribution in [0.4, 0.5) is 0 Å². The molecule has 0 N–H and O–H groups in total. The number of rotatable bonds is 6. The zero-order valence-corrected chi connectivity index (χ0v) is 19.0. The van der Waals surface area contributed by atoms with E-state index in [2.05, 4.69) is 89.0 Å². The summed E-state index contributed by atoms with van der Waals surface area (Å²) in [6.45, 7) is 15.9. The van der Waals surface area contributed by atoms with E-state index in [1.54, 1.807) is 7.11 Å². The van der Waals surface area contributed by atoms with Gasteiger partial charge in [0.15, 0.2) is 0 Å². The monoisotopic (exact) mass is 392 g/mol. The zero-order valence-electron chi connectivity index (χ0n) is 18.0. The average molecular weight is 393 g/mol. The highest BCUT2D eigenvalue weighted by Crippen LogP contribution is 2.41. The van der Waals surface area contributed by atoms with Crippen molar-refractivity contribution in [2.24, 2.45) is 0 Å². The highest BCUT2D eigenvalue weighted by atomic mass is 28.3. The lowest BCUT2D eigenvalue weighted by Gasteiger charge is -2.34. The van der Waals surface area contributed by atoms with Gasteiger partial charge in [0.2, 0.25) is 0 Å². The minimum atomic E-state index is -1.98. The lowest BCUT2D eigenvalue weighted by molar-refractivity contribution is 0.351. The van der Waals surface area contributed by atoms with Gasteiger partial charge in [0, 0.05) is 11.1 Å². The second-order valence-electron chi connectivity index (χ2n) is 9.09. The molecule has 3 heteroatoms. The summed E-state index contributed by atoms with van der Waals surface area (Å²) in [5, 5.41) is 1.31. The molecular weight excluding hydrogens is 360 g/mol. The van der Waals surface area contributed by atoms with Crippen LogP contribution in [-0.4, -0.2) is 21.8 Å². The van der Waals surface area contributed by atoms with Gasteiger partial charge in [-0.05, 0) is 33.9 Å². The minimum Gasteiger partial charge on any atom is -0.497 e. The van der Waals surface area contributed by atoms with Crippen molar-refractivity contribution in [3.05, 3.63) is 71.8 Å². The van der Waals surface area contributed by atoms with Crippen molar-refractivity contribution in [2.45, 2.75) is 44.8 Å². The molecule has 3 rings (SSSR count). The van der Waals surface area contributed by atoms with E-state index in [-0.39, 0.29) is 5.41 Å². The predicted octanol–water partition coefficient (Wildman–Crippen LogP) is 5.82. The van der Waals surface area contributed by atoms with Crippen molar-refractivity contribution in [1.29, 1.82) is 0 Å². The summed E-state index contributed by atoms with van der Waals surface area (Å²) in [5.74, 6) is 1.92. The van der Waals surface area contributed by atoms with Crippen molar-refractivity contribution < 1.29 is 9.47 Å². The number of benzene rings is 2. The van der Waals surface area contributed by atoms with Crippen molar-refractivity contribution in [3.8, 4) is 11.5 Å². The fourth-order valence-electron chi connectivity index (χ4n) is 4.10. The normalized spacial score (nSPS) is 16.0. The molecule has 0 spiro atoms. The summed E-state index contributed by atoms with van der Waals surface area (Å²) in [6.07, 6.45) is 6.47. The summed E-state index contributed by atoms with van der Waals surface area (Å²) in [4.78, 5) is 0. The molecule has 1 unspecified atom stereocenters. The first-order valence-corrected chi connectivity index (χ1v) is 13.0. The van der Waals surface area contributed by atoms with E-state index in [0.717, 1.165) is 11.5 Å². The Morgan fingerprint density at radius 3 is 2.50 bits per heavy atom. The smallest absolute Gasteiger partial charge is 0.123 e. The Hall–Kier alpha value is -2.26. The van der Waals surface area contributed by atoms with E-state index in [4.69, 9.17) is 9.47 Å². The van der Waals surface area contributed by atoms with E-state index in [0.29, 0.717) is 12.1 Å². The molecule has 148 valence electrons. The molecule has 0 heterocycles. The molecule has 0 aromatic heterocycles. The van der Waals surface area contributed by atoms with Gasteiger partial charge >= 0.3 is 0 Å². The Morgan fingerprint density at radius 1 is 1.14 bits per heavy atom. The Kier molecular flexibility index (Phi) is 5.58. The molecule has 1 aliphatic carbocycles. The van der Waals surface area contributed by atoms with Crippen molar-refractivity contribution >= 4 is 19.3 Å². The minimum absolute atomic E-state index is 0.0479. The quantitative estimate of drug-likeness (QED) is 0.455. The van der Waals surface area contributed by atoms with Crippen molar-refractivity contribution in [1.82, 2.24) is 0 Å². The van der Waals surface area contributed by atoms with Crippen LogP contribution in [0, 0.1) is 0 Å². The maximum Gasteiger partial charge on any atom is 0.123 e. The average Bonchev–Trinajstić information content (AvgIpc) is 3.10. The Morgan fingerprint density at radius 2 is 1.86 bits per heavy atom. The standard InChI is InChI=1S/C25H32O2Si/c1-8-15-27-24-21(25(2,3)4)16-19(26-5)17-23(24)28(6,7)22-14-13-18-11-9-10-12-20(18)22/h8-14,16-17,22H,1,15H2,2-7H3. The van der Waals surface area contributed by atoms with E-state index in [9.17, 15) is 0 Å². The molecule has 2 aromatic carbocycles. The van der Waals surface area contributed by atoms with E-state index < -0.39 is 8.07 Å². The van der Waals surface area contributed by atoms with Gasteiger partial charge in [-0.2, -0.15) is 0 Å². The number of hydrogen-bond donors (Lipinski definition) is 0. The molecule has 0 bridgehead atoms. The van der Waals surface area contributed by atoms with Crippen LogP contribution in [0.15, 0.2) is 55.1 Å². The first-order chi connectivity index (χ1) is 13.2. The van der Waals surface area contributed by atoms with Crippen LogP contribution in [0.2, 0.25) is 13.1 Å². The zero-order chi connectivity index (χ0) is 20.5. The van der Waals surface area contributed by atoms with Crippen molar-refractivity contribution in [2.75, 3.05) is 13.7 Å². The molecule has 2 aromatic rings. The molecule has 1 atom stereocenters. The third kappa shape index (κ3) is 3.68. The van der Waals surface area contributed by atoms with E-state index in [1.807, 2.05) is 6.08 Å². The van der Waals surface area contributed by atoms with Crippen LogP contribution in [0.3, 0.4) is 0 Å². The summed E-state index contributed by atoms with van der Waals surface area (Å²) in [7, 11) is -0.231. The van der Waals surface area contributed by atoms with E-state index >= 15 is 0 Å². The first kappa shape index (κ1) is 20.5. The Balaban J connectivity index is 2.21. The molecule has 0 aliphatic heterocycles. The van der Waals surface area contributed by atoms with Gasteiger partial charge in [-0.25, -0.2) is 0 Å². The Bertz CT molecular complexity index is 903. The fourth-order valence-corrected chi connectivity index (χ4v) is 7.36. The van der Waals surface area contributed by atoms with Gasteiger partial charge in [0.25, 0.3) is 0 Å². The maximum absolute atomic E-state index is 6.31. The lowest BCUT2D eigenvalue weighted by Crippen LogP contribution is -2.48. The third-order valence-electron chi connectivity index (χ3n) is 5.72. The second kappa shape index (κ2) is 7.63. The Labute approximate surface area is 170 Å². The number of fused-ring (bicyclic) bond motifs is 1. The summed E-state index contributed by atoms with van der Waals surface area (Å²) in [5.41, 5.74) is 4.32. The maximum atomic E-state index is 6.31. The lowest BCUT2D eigenvalue weighted by atomic mass is 9.86. The van der Waals surface area contributed by atoms with Gasteiger partial charge in [0.05, 0.1) is 15.2 Å². The van der Waals surface area contributed by atoms with Crippen LogP contribution >= 0.6 is 0 Å². The van der Waals surface area contributed by atoms with Gasteiger partial charge in [-0.15, -0.1) is 0 Å². The number of hydrogen-bond acceptors (Lipinski definition) is 2. The first-order valence-electron chi connectivity index (χ1n) is 9.94. The molecule has 0 fully saturated rings. The van der Waals surface area contributed by atoms with Gasteiger partial charge in [0.1, 0.15) is 18.1 Å². The van der Waals surface area contributed by atoms with Crippen molar-refractivity contribution in [3.63, 3.8) is 0 Å². The highest BCUT2D eigenvalue weighted by molar-refractivity contribution is 6.92.